The molecule has 0 fully saturated rings. The van der Waals surface area contributed by atoms with Gasteiger partial charge in [0.1, 0.15) is 5.75 Å². The van der Waals surface area contributed by atoms with Crippen molar-refractivity contribution in [1.29, 1.82) is 0 Å². The van der Waals surface area contributed by atoms with Crippen molar-refractivity contribution in [2.45, 2.75) is 39.7 Å². The van der Waals surface area contributed by atoms with Crippen LogP contribution in [0.3, 0.4) is 0 Å². The Balaban J connectivity index is 1.91. The van der Waals surface area contributed by atoms with Crippen LogP contribution >= 0.6 is 0 Å². The Labute approximate surface area is 177 Å². The van der Waals surface area contributed by atoms with Crippen LogP contribution in [0.15, 0.2) is 54.6 Å². The molecule has 0 saturated carbocycles. The zero-order chi connectivity index (χ0) is 21.1. The van der Waals surface area contributed by atoms with Crippen LogP contribution in [0.1, 0.15) is 48.2 Å². The molecule has 4 aromatic rings. The molecule has 1 amide bonds. The SMILES string of the molecule is CCCCc1c[c]c2c3c(C(N)=O)cccc3n(Cc3cccc(OCC)c3)c2c1. The molecule has 153 valence electrons. The lowest BCUT2D eigenvalue weighted by Gasteiger charge is -2.11. The van der Waals surface area contributed by atoms with Crippen molar-refractivity contribution in [2.75, 3.05) is 6.61 Å². The number of carbonyl (C=O) groups excluding carboxylic acids is 1. The third kappa shape index (κ3) is 3.78. The maximum absolute atomic E-state index is 12.1. The lowest BCUT2D eigenvalue weighted by Crippen LogP contribution is -2.11. The second-order valence-electron chi connectivity index (χ2n) is 7.60. The van der Waals surface area contributed by atoms with Gasteiger partial charge in [-0.2, -0.15) is 0 Å². The first-order chi connectivity index (χ1) is 14.6. The van der Waals surface area contributed by atoms with Gasteiger partial charge in [-0.05, 0) is 67.3 Å². The highest BCUT2D eigenvalue weighted by Gasteiger charge is 2.17. The fourth-order valence-electron chi connectivity index (χ4n) is 4.08. The average molecular weight is 400 g/mol. The number of nitrogens with two attached hydrogens (primary N) is 1. The van der Waals surface area contributed by atoms with Crippen molar-refractivity contribution in [3.63, 3.8) is 0 Å². The van der Waals surface area contributed by atoms with Crippen LogP contribution in [0.4, 0.5) is 0 Å². The first kappa shape index (κ1) is 20.0. The molecule has 0 aliphatic rings. The van der Waals surface area contributed by atoms with Crippen molar-refractivity contribution in [2.24, 2.45) is 5.73 Å². The van der Waals surface area contributed by atoms with Gasteiger partial charge >= 0.3 is 0 Å². The lowest BCUT2D eigenvalue weighted by atomic mass is 10.0. The minimum absolute atomic E-state index is 0.415. The first-order valence-electron chi connectivity index (χ1n) is 10.6. The summed E-state index contributed by atoms with van der Waals surface area (Å²) in [7, 11) is 0. The van der Waals surface area contributed by atoms with E-state index in [-0.39, 0.29) is 0 Å². The molecule has 1 aromatic heterocycles. The highest BCUT2D eigenvalue weighted by atomic mass is 16.5. The monoisotopic (exact) mass is 399 g/mol. The number of unbranched alkanes of at least 4 members (excludes halogenated alkanes) is 1. The molecule has 30 heavy (non-hydrogen) atoms. The number of primary amides is 1. The predicted octanol–water partition coefficient (Wildman–Crippen LogP) is 5.48. The highest BCUT2D eigenvalue weighted by Crippen LogP contribution is 2.33. The summed E-state index contributed by atoms with van der Waals surface area (Å²) in [5.74, 6) is 0.449. The largest absolute Gasteiger partial charge is 0.494 e. The fourth-order valence-corrected chi connectivity index (χ4v) is 4.08. The molecule has 0 atom stereocenters. The second-order valence-corrected chi connectivity index (χ2v) is 7.60. The standard InChI is InChI=1S/C26H27N2O2/c1-3-5-8-18-13-14-21-24(16-18)28(17-19-9-6-10-20(15-19)30-4-2)23-12-7-11-22(25(21)23)26(27)29/h6-7,9-13,15-16H,3-5,8,17H2,1-2H3,(H2,27,29). The van der Waals surface area contributed by atoms with Gasteiger partial charge in [0.05, 0.1) is 17.6 Å². The van der Waals surface area contributed by atoms with Crippen LogP contribution in [-0.2, 0) is 13.0 Å². The number of hydrogen-bond acceptors (Lipinski definition) is 2. The van der Waals surface area contributed by atoms with Gasteiger partial charge in [-0.15, -0.1) is 0 Å². The minimum atomic E-state index is -0.415. The van der Waals surface area contributed by atoms with Crippen molar-refractivity contribution in [1.82, 2.24) is 4.57 Å². The summed E-state index contributed by atoms with van der Waals surface area (Å²) in [6.45, 7) is 5.49. The Morgan fingerprint density at radius 2 is 1.90 bits per heavy atom. The first-order valence-corrected chi connectivity index (χ1v) is 10.6. The fraction of sp³-hybridized carbons (Fsp3) is 0.269. The molecular weight excluding hydrogens is 372 g/mol. The third-order valence-corrected chi connectivity index (χ3v) is 5.49. The third-order valence-electron chi connectivity index (χ3n) is 5.49. The number of rotatable bonds is 8. The Morgan fingerprint density at radius 1 is 1.07 bits per heavy atom. The van der Waals surface area contributed by atoms with Crippen molar-refractivity contribution in [3.05, 3.63) is 77.4 Å². The van der Waals surface area contributed by atoms with Gasteiger partial charge in [-0.1, -0.05) is 37.6 Å². The zero-order valence-corrected chi connectivity index (χ0v) is 17.6. The molecule has 3 aromatic carbocycles. The molecule has 0 bridgehead atoms. The number of nitrogens with zero attached hydrogens (tertiary/aromatic N) is 1. The Morgan fingerprint density at radius 3 is 2.67 bits per heavy atom. The zero-order valence-electron chi connectivity index (χ0n) is 17.6. The van der Waals surface area contributed by atoms with Crippen LogP contribution in [0, 0.1) is 6.07 Å². The predicted molar refractivity (Wildman–Crippen MR) is 122 cm³/mol. The van der Waals surface area contributed by atoms with Gasteiger partial charge in [0, 0.05) is 22.9 Å². The van der Waals surface area contributed by atoms with Gasteiger partial charge in [-0.25, -0.2) is 0 Å². The van der Waals surface area contributed by atoms with E-state index in [0.717, 1.165) is 52.4 Å². The van der Waals surface area contributed by atoms with E-state index in [9.17, 15) is 4.79 Å². The van der Waals surface area contributed by atoms with Gasteiger partial charge in [0.2, 0.25) is 5.91 Å². The van der Waals surface area contributed by atoms with Crippen LogP contribution in [0.5, 0.6) is 5.75 Å². The van der Waals surface area contributed by atoms with E-state index < -0.39 is 5.91 Å². The van der Waals surface area contributed by atoms with Crippen molar-refractivity contribution in [3.8, 4) is 5.75 Å². The van der Waals surface area contributed by atoms with Crippen LogP contribution in [0.2, 0.25) is 0 Å². The minimum Gasteiger partial charge on any atom is -0.494 e. The summed E-state index contributed by atoms with van der Waals surface area (Å²) in [4.78, 5) is 12.1. The average Bonchev–Trinajstić information content (AvgIpc) is 3.06. The summed E-state index contributed by atoms with van der Waals surface area (Å²) in [6.07, 6.45) is 3.31. The molecule has 4 heteroatoms. The maximum Gasteiger partial charge on any atom is 0.249 e. The maximum atomic E-state index is 12.1. The van der Waals surface area contributed by atoms with E-state index in [4.69, 9.17) is 10.5 Å². The van der Waals surface area contributed by atoms with Gasteiger partial charge in [0.25, 0.3) is 0 Å². The number of aromatic nitrogens is 1. The molecule has 4 nitrogen and oxygen atoms in total. The number of amides is 1. The topological polar surface area (TPSA) is 57.2 Å². The quantitative estimate of drug-likeness (QED) is 0.426. The van der Waals surface area contributed by atoms with Crippen molar-refractivity contribution < 1.29 is 9.53 Å². The van der Waals surface area contributed by atoms with Gasteiger partial charge < -0.3 is 15.0 Å². The number of carbonyl (C=O) groups is 1. The highest BCUT2D eigenvalue weighted by molar-refractivity contribution is 6.17. The summed E-state index contributed by atoms with van der Waals surface area (Å²) in [5, 5.41) is 1.82. The molecular formula is C26H27N2O2. The van der Waals surface area contributed by atoms with Gasteiger partial charge in [-0.3, -0.25) is 4.79 Å². The van der Waals surface area contributed by atoms with Crippen molar-refractivity contribution >= 4 is 27.7 Å². The number of benzene rings is 3. The molecule has 0 spiro atoms. The number of aryl methyl sites for hydroxylation is 1. The van der Waals surface area contributed by atoms with E-state index in [1.807, 2.05) is 31.2 Å². The smallest absolute Gasteiger partial charge is 0.249 e. The summed E-state index contributed by atoms with van der Waals surface area (Å²) in [6, 6.07) is 21.6. The van der Waals surface area contributed by atoms with Crippen LogP contribution in [-0.4, -0.2) is 17.1 Å². The molecule has 0 saturated heterocycles. The number of hydrogen-bond donors (Lipinski definition) is 1. The Bertz CT molecular complexity index is 1210. The molecule has 1 heterocycles. The lowest BCUT2D eigenvalue weighted by molar-refractivity contribution is 0.100. The van der Waals surface area contributed by atoms with E-state index in [0.29, 0.717) is 18.7 Å². The molecule has 1 radical (unpaired) electrons. The van der Waals surface area contributed by atoms with Gasteiger partial charge in [0.15, 0.2) is 0 Å². The summed E-state index contributed by atoms with van der Waals surface area (Å²) in [5.41, 5.74) is 10.7. The Kier molecular flexibility index (Phi) is 5.75. The normalized spacial score (nSPS) is 11.3. The van der Waals surface area contributed by atoms with E-state index in [1.54, 1.807) is 6.07 Å². The van der Waals surface area contributed by atoms with Crippen LogP contribution < -0.4 is 10.5 Å². The van der Waals surface area contributed by atoms with Crippen LogP contribution in [0.25, 0.3) is 21.8 Å². The number of ether oxygens (including phenoxy) is 1. The number of fused-ring (bicyclic) bond motifs is 3. The second kappa shape index (κ2) is 8.62. The molecule has 4 rings (SSSR count). The van der Waals surface area contributed by atoms with E-state index in [1.165, 1.54) is 5.56 Å². The van der Waals surface area contributed by atoms with E-state index >= 15 is 0 Å². The summed E-state index contributed by atoms with van der Waals surface area (Å²) >= 11 is 0. The molecule has 0 unspecified atom stereocenters. The Hall–Kier alpha value is -3.27. The molecule has 2 N–H and O–H groups in total. The molecule has 0 aliphatic heterocycles. The molecule has 0 aliphatic carbocycles. The summed E-state index contributed by atoms with van der Waals surface area (Å²) < 4.78 is 7.94. The van der Waals surface area contributed by atoms with E-state index in [2.05, 4.69) is 41.8 Å².